The lowest BCUT2D eigenvalue weighted by Crippen LogP contribution is -2.42. The summed E-state index contributed by atoms with van der Waals surface area (Å²) in [6.07, 6.45) is 3.77. The van der Waals surface area contributed by atoms with E-state index in [0.29, 0.717) is 28.4 Å². The van der Waals surface area contributed by atoms with Gasteiger partial charge in [-0.05, 0) is 62.1 Å². The molecule has 3 rings (SSSR count). The first-order chi connectivity index (χ1) is 14.6. The molecular weight excluding hydrogens is 408 g/mol. The first kappa shape index (κ1) is 24.1. The number of aliphatic hydroxyl groups is 2. The van der Waals surface area contributed by atoms with Gasteiger partial charge < -0.3 is 19.4 Å². The lowest BCUT2D eigenvalue weighted by atomic mass is 9.70. The van der Waals surface area contributed by atoms with Crippen molar-refractivity contribution in [3.63, 3.8) is 0 Å². The van der Waals surface area contributed by atoms with Crippen LogP contribution in [0.15, 0.2) is 24.4 Å². The van der Waals surface area contributed by atoms with Crippen LogP contribution in [-0.4, -0.2) is 48.5 Å². The lowest BCUT2D eigenvalue weighted by Gasteiger charge is -2.42. The van der Waals surface area contributed by atoms with Gasteiger partial charge in [0.15, 0.2) is 9.04 Å². The monoisotopic (exact) mass is 446 g/mol. The Labute approximate surface area is 187 Å². The molecule has 0 radical (unpaired) electrons. The third-order valence-corrected chi connectivity index (χ3v) is 7.27. The van der Waals surface area contributed by atoms with Gasteiger partial charge in [0, 0.05) is 5.56 Å². The Hall–Kier alpha value is -1.54. The van der Waals surface area contributed by atoms with Crippen molar-refractivity contribution in [3.8, 4) is 5.88 Å². The van der Waals surface area contributed by atoms with E-state index in [9.17, 15) is 10.2 Å². The summed E-state index contributed by atoms with van der Waals surface area (Å²) >= 11 is 0. The maximum atomic E-state index is 11.1. The van der Waals surface area contributed by atoms with Gasteiger partial charge in [0.25, 0.3) is 0 Å². The standard InChI is InChI=1S/C24H38N2O4Si/c1-24(2,3)23(30-31(5)6)16-12-10-15(11-13-16)21(27)22(28)17-8-7-9-18-20(17)26-19(29-4)14-25-18/h7-9,14-16,21-23,27-28,31H,10-13H2,1-6H3/t15-,16-,21-,22-,23?/m1/s1. The fraction of sp³-hybridized carbons (Fsp3) is 0.667. The summed E-state index contributed by atoms with van der Waals surface area (Å²) in [6, 6.07) is 5.50. The van der Waals surface area contributed by atoms with Crippen LogP contribution >= 0.6 is 0 Å². The van der Waals surface area contributed by atoms with Gasteiger partial charge in [-0.1, -0.05) is 32.9 Å². The van der Waals surface area contributed by atoms with E-state index >= 15 is 0 Å². The summed E-state index contributed by atoms with van der Waals surface area (Å²) in [5.74, 6) is 0.948. The number of hydrogen-bond donors (Lipinski definition) is 2. The highest BCUT2D eigenvalue weighted by atomic mass is 28.3. The largest absolute Gasteiger partial charge is 0.480 e. The van der Waals surface area contributed by atoms with Crippen molar-refractivity contribution < 1.29 is 19.4 Å². The van der Waals surface area contributed by atoms with E-state index in [1.807, 2.05) is 18.2 Å². The molecule has 172 valence electrons. The van der Waals surface area contributed by atoms with Crippen LogP contribution < -0.4 is 4.74 Å². The van der Waals surface area contributed by atoms with Crippen LogP contribution in [0.25, 0.3) is 11.0 Å². The molecule has 1 aromatic heterocycles. The molecule has 1 aliphatic carbocycles. The first-order valence-corrected chi connectivity index (χ1v) is 14.2. The number of ether oxygens (including phenoxy) is 1. The summed E-state index contributed by atoms with van der Waals surface area (Å²) in [5.41, 5.74) is 1.95. The van der Waals surface area contributed by atoms with Gasteiger partial charge in [-0.25, -0.2) is 9.97 Å². The van der Waals surface area contributed by atoms with E-state index in [2.05, 4.69) is 43.8 Å². The summed E-state index contributed by atoms with van der Waals surface area (Å²) in [7, 11) is 0.405. The van der Waals surface area contributed by atoms with Crippen molar-refractivity contribution in [1.82, 2.24) is 9.97 Å². The minimum atomic E-state index is -1.14. The maximum absolute atomic E-state index is 11.1. The predicted molar refractivity (Wildman–Crippen MR) is 126 cm³/mol. The first-order valence-electron chi connectivity index (χ1n) is 11.4. The van der Waals surface area contributed by atoms with Crippen molar-refractivity contribution in [2.75, 3.05) is 7.11 Å². The molecular formula is C24H38N2O4Si. The van der Waals surface area contributed by atoms with Gasteiger partial charge in [-0.2, -0.15) is 0 Å². The number of methoxy groups -OCH3 is 1. The van der Waals surface area contributed by atoms with Crippen molar-refractivity contribution in [3.05, 3.63) is 30.0 Å². The number of nitrogens with zero attached hydrogens (tertiary/aromatic N) is 2. The third-order valence-electron chi connectivity index (χ3n) is 6.43. The van der Waals surface area contributed by atoms with Crippen LogP contribution in [-0.2, 0) is 4.43 Å². The second-order valence-corrected chi connectivity index (χ2v) is 12.6. The number of benzene rings is 1. The highest BCUT2D eigenvalue weighted by Crippen LogP contribution is 2.41. The van der Waals surface area contributed by atoms with Crippen LogP contribution in [0.5, 0.6) is 5.88 Å². The van der Waals surface area contributed by atoms with Crippen LogP contribution in [0.1, 0.15) is 58.1 Å². The minimum absolute atomic E-state index is 0.0528. The SMILES string of the molecule is COc1cnc2cccc([C@@H](O)[C@H](O)[C@H]3CC[C@H](C(O[SiH](C)C)C(C)(C)C)CC3)c2n1. The Bertz CT molecular complexity index is 862. The van der Waals surface area contributed by atoms with Crippen molar-refractivity contribution in [2.24, 2.45) is 17.3 Å². The second kappa shape index (κ2) is 9.94. The molecule has 1 fully saturated rings. The normalized spacial score (nSPS) is 23.0. The van der Waals surface area contributed by atoms with Crippen molar-refractivity contribution in [1.29, 1.82) is 0 Å². The van der Waals surface area contributed by atoms with Gasteiger partial charge >= 0.3 is 0 Å². The van der Waals surface area contributed by atoms with Crippen LogP contribution in [0, 0.1) is 17.3 Å². The average Bonchev–Trinajstić information content (AvgIpc) is 2.75. The molecule has 0 bridgehead atoms. The highest BCUT2D eigenvalue weighted by molar-refractivity contribution is 6.48. The molecule has 2 N–H and O–H groups in total. The number of rotatable bonds is 7. The van der Waals surface area contributed by atoms with Crippen molar-refractivity contribution in [2.45, 2.75) is 77.9 Å². The van der Waals surface area contributed by atoms with Crippen LogP contribution in [0.2, 0.25) is 13.1 Å². The summed E-state index contributed by atoms with van der Waals surface area (Å²) < 4.78 is 11.6. The number of fused-ring (bicyclic) bond motifs is 1. The molecule has 0 amide bonds. The van der Waals surface area contributed by atoms with Gasteiger partial charge in [-0.15, -0.1) is 0 Å². The Balaban J connectivity index is 1.72. The number of aliphatic hydroxyl groups excluding tert-OH is 2. The van der Waals surface area contributed by atoms with E-state index in [0.717, 1.165) is 25.7 Å². The Morgan fingerprint density at radius 1 is 1.06 bits per heavy atom. The van der Waals surface area contributed by atoms with Gasteiger partial charge in [0.1, 0.15) is 6.10 Å². The molecule has 1 saturated carbocycles. The molecule has 1 aromatic carbocycles. The fourth-order valence-electron chi connectivity index (χ4n) is 4.92. The number of aromatic nitrogens is 2. The molecule has 2 aromatic rings. The zero-order valence-corrected chi connectivity index (χ0v) is 20.9. The Morgan fingerprint density at radius 2 is 1.71 bits per heavy atom. The summed E-state index contributed by atoms with van der Waals surface area (Å²) in [5, 5.41) is 22.1. The predicted octanol–water partition coefficient (Wildman–Crippen LogP) is 4.25. The summed E-state index contributed by atoms with van der Waals surface area (Å²) in [4.78, 5) is 8.82. The summed E-state index contributed by atoms with van der Waals surface area (Å²) in [6.45, 7) is 11.2. The molecule has 7 heteroatoms. The molecule has 0 saturated heterocycles. The molecule has 0 spiro atoms. The quantitative estimate of drug-likeness (QED) is 0.619. The van der Waals surface area contributed by atoms with E-state index in [4.69, 9.17) is 9.16 Å². The lowest BCUT2D eigenvalue weighted by molar-refractivity contribution is -0.0471. The van der Waals surface area contributed by atoms with Crippen LogP contribution in [0.3, 0.4) is 0 Å². The van der Waals surface area contributed by atoms with E-state index in [1.54, 1.807) is 13.3 Å². The molecule has 6 nitrogen and oxygen atoms in total. The van der Waals surface area contributed by atoms with Crippen LogP contribution in [0.4, 0.5) is 0 Å². The van der Waals surface area contributed by atoms with Crippen molar-refractivity contribution >= 4 is 20.1 Å². The fourth-order valence-corrected chi connectivity index (χ4v) is 6.14. The smallest absolute Gasteiger partial charge is 0.232 e. The molecule has 0 aliphatic heterocycles. The Morgan fingerprint density at radius 3 is 2.29 bits per heavy atom. The molecule has 1 unspecified atom stereocenters. The molecule has 1 aliphatic rings. The van der Waals surface area contributed by atoms with E-state index in [1.165, 1.54) is 0 Å². The van der Waals surface area contributed by atoms with E-state index in [-0.39, 0.29) is 17.4 Å². The number of para-hydroxylation sites is 1. The minimum Gasteiger partial charge on any atom is -0.480 e. The molecule has 31 heavy (non-hydrogen) atoms. The van der Waals surface area contributed by atoms with Gasteiger partial charge in [0.2, 0.25) is 5.88 Å². The number of hydrogen-bond acceptors (Lipinski definition) is 6. The topological polar surface area (TPSA) is 84.7 Å². The molecule has 1 heterocycles. The van der Waals surface area contributed by atoms with Gasteiger partial charge in [0.05, 0.1) is 36.5 Å². The maximum Gasteiger partial charge on any atom is 0.232 e. The Kier molecular flexibility index (Phi) is 7.73. The average molecular weight is 447 g/mol. The van der Waals surface area contributed by atoms with E-state index < -0.39 is 21.2 Å². The second-order valence-electron chi connectivity index (χ2n) is 10.2. The zero-order chi connectivity index (χ0) is 22.8. The third kappa shape index (κ3) is 5.63. The molecule has 3 atom stereocenters. The zero-order valence-electron chi connectivity index (χ0n) is 19.7. The highest BCUT2D eigenvalue weighted by Gasteiger charge is 2.38. The van der Waals surface area contributed by atoms with Gasteiger partial charge in [-0.3, -0.25) is 0 Å².